The van der Waals surface area contributed by atoms with Gasteiger partial charge in [-0.3, -0.25) is 0 Å². The average Bonchev–Trinajstić information content (AvgIpc) is 3.52. The Balaban J connectivity index is 1.49. The van der Waals surface area contributed by atoms with Crippen LogP contribution in [-0.4, -0.2) is 29.9 Å². The number of benzene rings is 6. The van der Waals surface area contributed by atoms with Crippen LogP contribution in [0.25, 0.3) is 75.5 Å². The summed E-state index contributed by atoms with van der Waals surface area (Å²) in [6, 6.07) is 57.7. The molecule has 0 saturated heterocycles. The van der Waals surface area contributed by atoms with Crippen LogP contribution in [0, 0.1) is 0 Å². The first-order valence-electron chi connectivity index (χ1n) is 15.0. The SMILES string of the molecule is c1ccc(-c2ccccc2-c2nnnc(-c3[se]c4ccccc4c3-c3ccccc3)c2-c2ccccc2-c2ccccc2)cc1. The summed E-state index contributed by atoms with van der Waals surface area (Å²) < 4.78 is 2.58. The first-order chi connectivity index (χ1) is 22.4. The summed E-state index contributed by atoms with van der Waals surface area (Å²) in [6.07, 6.45) is 0. The van der Waals surface area contributed by atoms with Crippen LogP contribution in [0.2, 0.25) is 0 Å². The molecule has 0 fully saturated rings. The molecule has 0 radical (unpaired) electrons. The Morgan fingerprint density at radius 3 is 1.47 bits per heavy atom. The quantitative estimate of drug-likeness (QED) is 0.170. The van der Waals surface area contributed by atoms with E-state index in [1.807, 2.05) is 0 Å². The van der Waals surface area contributed by atoms with Gasteiger partial charge in [-0.05, 0) is 0 Å². The van der Waals surface area contributed by atoms with Gasteiger partial charge < -0.3 is 0 Å². The molecule has 4 heteroatoms. The molecule has 45 heavy (non-hydrogen) atoms. The molecule has 0 N–H and O–H groups in total. The van der Waals surface area contributed by atoms with Crippen molar-refractivity contribution in [3.63, 3.8) is 0 Å². The van der Waals surface area contributed by atoms with Gasteiger partial charge in [0, 0.05) is 0 Å². The molecule has 8 aromatic rings. The Morgan fingerprint density at radius 2 is 0.822 bits per heavy atom. The van der Waals surface area contributed by atoms with E-state index >= 15 is 0 Å². The van der Waals surface area contributed by atoms with Gasteiger partial charge in [-0.25, -0.2) is 0 Å². The van der Waals surface area contributed by atoms with Gasteiger partial charge >= 0.3 is 269 Å². The topological polar surface area (TPSA) is 38.7 Å². The van der Waals surface area contributed by atoms with E-state index < -0.39 is 0 Å². The molecule has 212 valence electrons. The Hall–Kier alpha value is -5.41. The Labute approximate surface area is 268 Å². The van der Waals surface area contributed by atoms with Crippen LogP contribution in [0.4, 0.5) is 0 Å². The van der Waals surface area contributed by atoms with Crippen molar-refractivity contribution in [3.05, 3.63) is 164 Å². The number of hydrogen-bond acceptors (Lipinski definition) is 3. The number of rotatable bonds is 6. The van der Waals surface area contributed by atoms with E-state index in [2.05, 4.69) is 169 Å². The molecule has 0 aliphatic heterocycles. The fourth-order valence-electron chi connectivity index (χ4n) is 6.16. The third-order valence-electron chi connectivity index (χ3n) is 8.18. The van der Waals surface area contributed by atoms with Gasteiger partial charge in [-0.2, -0.15) is 0 Å². The molecule has 0 spiro atoms. The van der Waals surface area contributed by atoms with E-state index in [0.29, 0.717) is 0 Å². The van der Waals surface area contributed by atoms with E-state index in [-0.39, 0.29) is 14.5 Å². The monoisotopic (exact) mass is 641 g/mol. The van der Waals surface area contributed by atoms with Gasteiger partial charge in [0.25, 0.3) is 0 Å². The van der Waals surface area contributed by atoms with Crippen molar-refractivity contribution in [1.82, 2.24) is 15.4 Å². The van der Waals surface area contributed by atoms with Crippen LogP contribution >= 0.6 is 0 Å². The first-order valence-corrected chi connectivity index (χ1v) is 16.7. The standard InChI is InChI=1S/C41H27N3Se/c1-4-16-28(17-5-1)31-22-10-12-24-33(31)38-39(34-25-13-11-23-32(34)29-18-6-2-7-19-29)42-44-43-40(38)41-37(30-20-8-3-9-21-30)35-26-14-15-27-36(35)45-41/h1-27H. The van der Waals surface area contributed by atoms with Crippen molar-refractivity contribution in [3.8, 4) is 65.9 Å². The Morgan fingerprint density at radius 1 is 0.356 bits per heavy atom. The van der Waals surface area contributed by atoms with Crippen LogP contribution in [-0.2, 0) is 0 Å². The molecule has 0 bridgehead atoms. The van der Waals surface area contributed by atoms with Gasteiger partial charge in [0.2, 0.25) is 0 Å². The molecule has 0 aliphatic rings. The summed E-state index contributed by atoms with van der Waals surface area (Å²) in [4.78, 5) is 0. The molecule has 6 aromatic carbocycles. The Bertz CT molecular complexity index is 2260. The predicted molar refractivity (Wildman–Crippen MR) is 187 cm³/mol. The fraction of sp³-hybridized carbons (Fsp3) is 0. The molecule has 0 amide bonds. The molecule has 0 saturated carbocycles. The van der Waals surface area contributed by atoms with Gasteiger partial charge in [-0.1, -0.05) is 0 Å². The maximum absolute atomic E-state index is 4.92. The number of aromatic nitrogens is 3. The van der Waals surface area contributed by atoms with Crippen LogP contribution in [0.5, 0.6) is 0 Å². The second-order valence-corrected chi connectivity index (χ2v) is 13.1. The molecule has 0 aliphatic carbocycles. The van der Waals surface area contributed by atoms with E-state index in [1.165, 1.54) is 25.2 Å². The van der Waals surface area contributed by atoms with Crippen LogP contribution in [0.3, 0.4) is 0 Å². The number of nitrogens with zero attached hydrogens (tertiary/aromatic N) is 3. The van der Waals surface area contributed by atoms with Crippen molar-refractivity contribution >= 4 is 24.1 Å². The maximum atomic E-state index is 4.92. The summed E-state index contributed by atoms with van der Waals surface area (Å²) in [7, 11) is 0. The van der Waals surface area contributed by atoms with Crippen molar-refractivity contribution in [1.29, 1.82) is 0 Å². The summed E-state index contributed by atoms with van der Waals surface area (Å²) in [6.45, 7) is 0. The van der Waals surface area contributed by atoms with E-state index in [4.69, 9.17) is 10.2 Å². The Kier molecular flexibility index (Phi) is 7.20. The van der Waals surface area contributed by atoms with Crippen molar-refractivity contribution < 1.29 is 0 Å². The molecule has 8 rings (SSSR count). The number of fused-ring (bicyclic) bond motifs is 1. The van der Waals surface area contributed by atoms with Gasteiger partial charge in [0.05, 0.1) is 0 Å². The summed E-state index contributed by atoms with van der Waals surface area (Å²) in [5, 5.41) is 15.5. The third kappa shape index (κ3) is 5.01. The molecule has 2 heterocycles. The summed E-state index contributed by atoms with van der Waals surface area (Å²) in [5.41, 5.74) is 11.8. The minimum absolute atomic E-state index is 0.0183. The zero-order valence-corrected chi connectivity index (χ0v) is 26.1. The minimum atomic E-state index is 0.0183. The van der Waals surface area contributed by atoms with Crippen LogP contribution in [0.15, 0.2) is 164 Å². The van der Waals surface area contributed by atoms with E-state index in [0.717, 1.165) is 50.3 Å². The van der Waals surface area contributed by atoms with Gasteiger partial charge in [0.1, 0.15) is 0 Å². The molecular formula is C41H27N3Se. The first kappa shape index (κ1) is 27.2. The van der Waals surface area contributed by atoms with Crippen LogP contribution < -0.4 is 0 Å². The second-order valence-electron chi connectivity index (χ2n) is 10.9. The molecule has 3 nitrogen and oxygen atoms in total. The average molecular weight is 641 g/mol. The fourth-order valence-corrected chi connectivity index (χ4v) is 8.71. The predicted octanol–water partition coefficient (Wildman–Crippen LogP) is 10.1. The summed E-state index contributed by atoms with van der Waals surface area (Å²) >= 11 is 0.0183. The molecular weight excluding hydrogens is 613 g/mol. The normalized spacial score (nSPS) is 11.1. The zero-order valence-electron chi connectivity index (χ0n) is 24.3. The van der Waals surface area contributed by atoms with Crippen molar-refractivity contribution in [2.45, 2.75) is 0 Å². The number of hydrogen-bond donors (Lipinski definition) is 0. The zero-order chi connectivity index (χ0) is 30.0. The second kappa shape index (κ2) is 11.9. The van der Waals surface area contributed by atoms with Gasteiger partial charge in [-0.15, -0.1) is 0 Å². The molecule has 2 aromatic heterocycles. The molecule has 0 atom stereocenters. The van der Waals surface area contributed by atoms with Crippen molar-refractivity contribution in [2.24, 2.45) is 0 Å². The molecule has 0 unspecified atom stereocenters. The van der Waals surface area contributed by atoms with E-state index in [9.17, 15) is 0 Å². The van der Waals surface area contributed by atoms with E-state index in [1.54, 1.807) is 0 Å². The van der Waals surface area contributed by atoms with Crippen LogP contribution in [0.1, 0.15) is 0 Å². The summed E-state index contributed by atoms with van der Waals surface area (Å²) in [5.74, 6) is 0. The van der Waals surface area contributed by atoms with Crippen molar-refractivity contribution in [2.75, 3.05) is 0 Å². The third-order valence-corrected chi connectivity index (χ3v) is 10.7. The van der Waals surface area contributed by atoms with Gasteiger partial charge in [0.15, 0.2) is 0 Å².